The summed E-state index contributed by atoms with van der Waals surface area (Å²) in [4.78, 5) is 37.2. The Morgan fingerprint density at radius 2 is 1.35 bits per heavy atom. The number of nitrogens with one attached hydrogen (secondary N) is 1. The molecule has 0 spiro atoms. The minimum Gasteiger partial charge on any atom is -0.508 e. The average molecular weight is 755 g/mol. The maximum atomic E-state index is 13.9. The fourth-order valence-corrected chi connectivity index (χ4v) is 7.04. The molecule has 0 radical (unpaired) electrons. The van der Waals surface area contributed by atoms with E-state index in [2.05, 4.69) is 11.8 Å². The van der Waals surface area contributed by atoms with Gasteiger partial charge < -0.3 is 34.9 Å². The van der Waals surface area contributed by atoms with Gasteiger partial charge >= 0.3 is 11.9 Å². The minimum absolute atomic E-state index is 0.0232. The van der Waals surface area contributed by atoms with E-state index in [4.69, 9.17) is 29.8 Å². The lowest BCUT2D eigenvalue weighted by atomic mass is 9.90. The lowest BCUT2D eigenvalue weighted by Crippen LogP contribution is -2.09. The molecule has 280 valence electrons. The molecule has 5 N–H and O–H groups in total. The number of hydrogen-bond acceptors (Lipinski definition) is 9. The maximum Gasteiger partial charge on any atom is 0.338 e. The second-order valence-electron chi connectivity index (χ2n) is 13.7. The highest BCUT2D eigenvalue weighted by atomic mass is 16.5. The number of unbranched alkanes of at least 4 members (excludes halogenated alkanes) is 2. The number of rotatable bonds is 9. The number of fused-ring (bicyclic) bond motifs is 4. The Labute approximate surface area is 325 Å². The van der Waals surface area contributed by atoms with E-state index in [0.29, 0.717) is 74.9 Å². The molecule has 0 saturated carbocycles. The van der Waals surface area contributed by atoms with E-state index in [0.717, 1.165) is 27.6 Å². The standard InChI is InChI=1S/C47H34N2O8/c48-30-12-17-35-40(23-30)56-41-24-31(49)13-18-36(41)45(35)29-10-7-27(8-11-29)5-6-28-9-16-34(39(22-28)47(54)55-21-3-1-2-4-44(52)53)46-37-19-14-32(50)25-42(37)57-43-26-33(51)15-20-38(43)46/h7-20,22-26,48,50H,1-4,21,49H2,(H,52,53). The van der Waals surface area contributed by atoms with Crippen LogP contribution >= 0.6 is 0 Å². The van der Waals surface area contributed by atoms with Crippen LogP contribution in [0.15, 0.2) is 129 Å². The number of carbonyl (C=O) groups excluding carboxylic acids is 1. The molecule has 8 rings (SSSR count). The van der Waals surface area contributed by atoms with Crippen LogP contribution in [0, 0.1) is 17.3 Å². The van der Waals surface area contributed by atoms with Crippen molar-refractivity contribution in [3.63, 3.8) is 0 Å². The first-order valence-corrected chi connectivity index (χ1v) is 18.3. The smallest absolute Gasteiger partial charge is 0.338 e. The number of anilines is 1. The van der Waals surface area contributed by atoms with Gasteiger partial charge in [0.2, 0.25) is 0 Å². The SMILES string of the molecule is N=c1ccc2c(-c3ccc(C#Cc4ccc(-c5c6ccc(=O)cc-6oc6cc(O)ccc56)c(C(=O)OCCCCCC(=O)O)c4)cc3)c3ccc(N)cc3oc-2c1. The van der Waals surface area contributed by atoms with Crippen LogP contribution in [0.25, 0.3) is 66.8 Å². The molecule has 0 saturated heterocycles. The molecule has 0 fully saturated rings. The quantitative estimate of drug-likeness (QED) is 0.0368. The van der Waals surface area contributed by atoms with E-state index in [1.807, 2.05) is 48.5 Å². The molecular formula is C47H34N2O8. The van der Waals surface area contributed by atoms with Crippen LogP contribution in [0.1, 0.15) is 47.2 Å². The first kappa shape index (κ1) is 36.3. The number of carboxylic acid groups (broad SMARTS) is 1. The minimum atomic E-state index is -0.873. The molecule has 2 aliphatic carbocycles. The van der Waals surface area contributed by atoms with Crippen LogP contribution in [0.5, 0.6) is 5.75 Å². The van der Waals surface area contributed by atoms with E-state index in [1.165, 1.54) is 24.3 Å². The van der Waals surface area contributed by atoms with Gasteiger partial charge in [-0.25, -0.2) is 4.79 Å². The summed E-state index contributed by atoms with van der Waals surface area (Å²) < 4.78 is 17.9. The van der Waals surface area contributed by atoms with Crippen molar-refractivity contribution in [3.8, 4) is 62.5 Å². The van der Waals surface area contributed by atoms with Gasteiger partial charge in [0.25, 0.3) is 0 Å². The monoisotopic (exact) mass is 754 g/mol. The van der Waals surface area contributed by atoms with Crippen molar-refractivity contribution in [2.75, 3.05) is 12.3 Å². The van der Waals surface area contributed by atoms with E-state index in [9.17, 15) is 19.5 Å². The second kappa shape index (κ2) is 15.2. The van der Waals surface area contributed by atoms with Gasteiger partial charge in [0.15, 0.2) is 5.43 Å². The van der Waals surface area contributed by atoms with Crippen LogP contribution in [-0.4, -0.2) is 28.8 Å². The Morgan fingerprint density at radius 1 is 0.684 bits per heavy atom. The van der Waals surface area contributed by atoms with Crippen LogP contribution < -0.4 is 16.5 Å². The van der Waals surface area contributed by atoms with Gasteiger partial charge in [-0.2, -0.15) is 0 Å². The van der Waals surface area contributed by atoms with Crippen molar-refractivity contribution in [2.24, 2.45) is 0 Å². The van der Waals surface area contributed by atoms with Crippen molar-refractivity contribution in [1.82, 2.24) is 0 Å². The Bertz CT molecular complexity index is 2990. The van der Waals surface area contributed by atoms with Gasteiger partial charge in [-0.3, -0.25) is 9.59 Å². The molecule has 2 heterocycles. The molecule has 10 heteroatoms. The number of carboxylic acids is 1. The van der Waals surface area contributed by atoms with Gasteiger partial charge in [-0.05, 0) is 103 Å². The molecule has 0 bridgehead atoms. The van der Waals surface area contributed by atoms with E-state index < -0.39 is 11.9 Å². The fourth-order valence-electron chi connectivity index (χ4n) is 7.04. The summed E-state index contributed by atoms with van der Waals surface area (Å²) in [5.41, 5.74) is 13.3. The first-order valence-electron chi connectivity index (χ1n) is 18.3. The summed E-state index contributed by atoms with van der Waals surface area (Å²) in [6.07, 6.45) is 1.59. The summed E-state index contributed by atoms with van der Waals surface area (Å²) in [5, 5.41) is 29.2. The summed E-state index contributed by atoms with van der Waals surface area (Å²) in [7, 11) is 0. The zero-order valence-electron chi connectivity index (χ0n) is 30.4. The molecule has 57 heavy (non-hydrogen) atoms. The number of nitrogens with two attached hydrogens (primary N) is 1. The molecule has 0 unspecified atom stereocenters. The number of hydrogen-bond donors (Lipinski definition) is 4. The number of ether oxygens (including phenoxy) is 1. The van der Waals surface area contributed by atoms with Crippen molar-refractivity contribution in [2.45, 2.75) is 25.7 Å². The maximum absolute atomic E-state index is 13.9. The molecule has 4 aromatic carbocycles. The van der Waals surface area contributed by atoms with E-state index in [1.54, 1.807) is 42.5 Å². The zero-order valence-corrected chi connectivity index (χ0v) is 30.4. The number of aliphatic carboxylic acids is 1. The number of benzene rings is 6. The number of phenols is 1. The highest BCUT2D eigenvalue weighted by Crippen LogP contribution is 2.43. The number of nitrogen functional groups attached to an aromatic ring is 1. The summed E-state index contributed by atoms with van der Waals surface area (Å²) >= 11 is 0. The average Bonchev–Trinajstić information content (AvgIpc) is 3.19. The molecule has 4 aromatic rings. The Morgan fingerprint density at radius 3 is 2.16 bits per heavy atom. The summed E-state index contributed by atoms with van der Waals surface area (Å²) in [6, 6.07) is 33.0. The molecule has 0 aromatic heterocycles. The summed E-state index contributed by atoms with van der Waals surface area (Å²) in [5.74, 6) is 5.79. The topological polar surface area (TPSA) is 177 Å². The fraction of sp³-hybridized carbons (Fsp3) is 0.106. The molecule has 10 nitrogen and oxygen atoms in total. The molecule has 0 amide bonds. The van der Waals surface area contributed by atoms with Crippen LogP contribution in [0.2, 0.25) is 0 Å². The first-order chi connectivity index (χ1) is 27.6. The Kier molecular flexibility index (Phi) is 9.72. The number of phenolic OH excluding ortho intramolecular Hbond substituents is 1. The van der Waals surface area contributed by atoms with Crippen LogP contribution in [-0.2, 0) is 9.53 Å². The second-order valence-corrected chi connectivity index (χ2v) is 13.7. The third-order valence-corrected chi connectivity index (χ3v) is 9.72. The number of carbonyl (C=O) groups is 2. The van der Waals surface area contributed by atoms with Crippen LogP contribution in [0.3, 0.4) is 0 Å². The van der Waals surface area contributed by atoms with Gasteiger partial charge in [-0.15, -0.1) is 0 Å². The zero-order chi connectivity index (χ0) is 39.6. The normalized spacial score (nSPS) is 11.2. The molecule has 2 aliphatic heterocycles. The highest BCUT2D eigenvalue weighted by molar-refractivity contribution is 6.08. The Balaban J connectivity index is 1.17. The third kappa shape index (κ3) is 7.55. The van der Waals surface area contributed by atoms with Gasteiger partial charge in [0.1, 0.15) is 28.4 Å². The largest absolute Gasteiger partial charge is 0.508 e. The van der Waals surface area contributed by atoms with Crippen LogP contribution in [0.4, 0.5) is 5.69 Å². The summed E-state index contributed by atoms with van der Waals surface area (Å²) in [6.45, 7) is 0.0942. The van der Waals surface area contributed by atoms with Crippen molar-refractivity contribution >= 4 is 39.6 Å². The van der Waals surface area contributed by atoms with E-state index in [-0.39, 0.29) is 35.5 Å². The van der Waals surface area contributed by atoms with Crippen molar-refractivity contribution in [3.05, 3.63) is 148 Å². The van der Waals surface area contributed by atoms with Gasteiger partial charge in [0, 0.05) is 80.5 Å². The molecule has 0 atom stereocenters. The Hall–Kier alpha value is -7.64. The molecular weight excluding hydrogens is 721 g/mol. The third-order valence-electron chi connectivity index (χ3n) is 9.72. The van der Waals surface area contributed by atoms with E-state index >= 15 is 0 Å². The predicted molar refractivity (Wildman–Crippen MR) is 217 cm³/mol. The number of aromatic hydroxyl groups is 1. The van der Waals surface area contributed by atoms with Gasteiger partial charge in [-0.1, -0.05) is 30.0 Å². The molecule has 4 aliphatic rings. The van der Waals surface area contributed by atoms with Crippen molar-refractivity contribution < 1.29 is 33.4 Å². The lowest BCUT2D eigenvalue weighted by Gasteiger charge is -2.18. The number of esters is 1. The van der Waals surface area contributed by atoms with Gasteiger partial charge in [0.05, 0.1) is 17.5 Å². The lowest BCUT2D eigenvalue weighted by molar-refractivity contribution is -0.137. The van der Waals surface area contributed by atoms with Crippen molar-refractivity contribution in [1.29, 1.82) is 5.41 Å². The predicted octanol–water partition coefficient (Wildman–Crippen LogP) is 9.05. The highest BCUT2D eigenvalue weighted by Gasteiger charge is 2.23.